The smallest absolute Gasteiger partial charge is 0.255 e. The van der Waals surface area contributed by atoms with Gasteiger partial charge in [-0.05, 0) is 18.9 Å². The van der Waals surface area contributed by atoms with Crippen LogP contribution < -0.4 is 5.32 Å². The molecule has 0 radical (unpaired) electrons. The molecule has 1 N–H and O–H groups in total. The summed E-state index contributed by atoms with van der Waals surface area (Å²) in [5.74, 6) is -1.66. The van der Waals surface area contributed by atoms with Gasteiger partial charge in [0.1, 0.15) is 11.6 Å². The summed E-state index contributed by atoms with van der Waals surface area (Å²) in [5, 5.41) is 6.87. The van der Waals surface area contributed by atoms with Crippen molar-refractivity contribution < 1.29 is 18.3 Å². The molecule has 3 rings (SSSR count). The van der Waals surface area contributed by atoms with Gasteiger partial charge >= 0.3 is 0 Å². The van der Waals surface area contributed by atoms with Crippen LogP contribution in [-0.2, 0) is 17.3 Å². The van der Waals surface area contributed by atoms with E-state index in [1.54, 1.807) is 13.2 Å². The fraction of sp³-hybridized carbons (Fsp3) is 0.375. The molecule has 1 aliphatic heterocycles. The van der Waals surface area contributed by atoms with Gasteiger partial charge < -0.3 is 10.1 Å². The maximum Gasteiger partial charge on any atom is 0.255 e. The van der Waals surface area contributed by atoms with E-state index < -0.39 is 17.2 Å². The number of rotatable bonds is 3. The number of aryl methyl sites for hydroxylation is 1. The van der Waals surface area contributed by atoms with E-state index in [9.17, 15) is 13.6 Å². The first-order valence-electron chi connectivity index (χ1n) is 7.35. The number of ether oxygens (including phenoxy) is 1. The van der Waals surface area contributed by atoms with E-state index >= 15 is 0 Å². The Bertz CT molecular complexity index is 724. The summed E-state index contributed by atoms with van der Waals surface area (Å²) in [4.78, 5) is 12.5. The average Bonchev–Trinajstić information content (AvgIpc) is 2.94. The first-order valence-corrected chi connectivity index (χ1v) is 7.35. The van der Waals surface area contributed by atoms with Gasteiger partial charge in [0.15, 0.2) is 0 Å². The van der Waals surface area contributed by atoms with Crippen LogP contribution in [0.2, 0.25) is 0 Å². The number of carbonyl (C=O) groups excluding carboxylic acids is 1. The Balaban J connectivity index is 1.95. The molecule has 1 fully saturated rings. The number of hydrogen-bond acceptors (Lipinski definition) is 3. The lowest BCUT2D eigenvalue weighted by atomic mass is 9.82. The first kappa shape index (κ1) is 15.6. The van der Waals surface area contributed by atoms with Crippen molar-refractivity contribution >= 4 is 5.91 Å². The molecule has 1 aromatic heterocycles. The van der Waals surface area contributed by atoms with Crippen molar-refractivity contribution in [1.29, 1.82) is 0 Å². The monoisotopic (exact) mass is 321 g/mol. The van der Waals surface area contributed by atoms with Crippen molar-refractivity contribution in [3.8, 4) is 0 Å². The Kier molecular flexibility index (Phi) is 4.12. The standard InChI is InChI=1S/C16H17F2N3O2/c1-21-10-11(9-19-21)15(22)20-16(4-6-23-7-5-16)13-3-2-12(17)8-14(13)18/h2-3,8-10H,4-7H2,1H3,(H,20,22). The van der Waals surface area contributed by atoms with Gasteiger partial charge in [0.25, 0.3) is 5.91 Å². The minimum absolute atomic E-state index is 0.277. The lowest BCUT2D eigenvalue weighted by Gasteiger charge is -2.38. The molecule has 5 nitrogen and oxygen atoms in total. The zero-order valence-electron chi connectivity index (χ0n) is 12.7. The molecule has 23 heavy (non-hydrogen) atoms. The molecule has 0 unspecified atom stereocenters. The lowest BCUT2D eigenvalue weighted by Crippen LogP contribution is -2.50. The predicted molar refractivity (Wildman–Crippen MR) is 78.8 cm³/mol. The second-order valence-corrected chi connectivity index (χ2v) is 5.68. The zero-order chi connectivity index (χ0) is 16.4. The number of carbonyl (C=O) groups is 1. The van der Waals surface area contributed by atoms with Crippen LogP contribution in [0.3, 0.4) is 0 Å². The Morgan fingerprint density at radius 3 is 2.70 bits per heavy atom. The molecular formula is C16H17F2N3O2. The number of halogens is 2. The maximum absolute atomic E-state index is 14.3. The minimum atomic E-state index is -0.914. The molecule has 1 amide bonds. The fourth-order valence-electron chi connectivity index (χ4n) is 2.89. The highest BCUT2D eigenvalue weighted by molar-refractivity contribution is 5.94. The molecule has 0 saturated carbocycles. The van der Waals surface area contributed by atoms with Gasteiger partial charge in [0.2, 0.25) is 0 Å². The first-order chi connectivity index (χ1) is 11.0. The SMILES string of the molecule is Cn1cc(C(=O)NC2(c3ccc(F)cc3F)CCOCC2)cn1. The van der Waals surface area contributed by atoms with Crippen LogP contribution in [0.25, 0.3) is 0 Å². The summed E-state index contributed by atoms with van der Waals surface area (Å²) in [7, 11) is 1.71. The third kappa shape index (κ3) is 3.10. The van der Waals surface area contributed by atoms with Crippen molar-refractivity contribution in [2.24, 2.45) is 7.05 Å². The number of nitrogens with one attached hydrogen (secondary N) is 1. The van der Waals surface area contributed by atoms with Crippen molar-refractivity contribution in [2.45, 2.75) is 18.4 Å². The highest BCUT2D eigenvalue weighted by Gasteiger charge is 2.38. The number of nitrogens with zero attached hydrogens (tertiary/aromatic N) is 2. The molecule has 1 aromatic carbocycles. The molecule has 0 atom stereocenters. The van der Waals surface area contributed by atoms with E-state index in [-0.39, 0.29) is 11.5 Å². The average molecular weight is 321 g/mol. The summed E-state index contributed by atoms with van der Waals surface area (Å²) in [6.45, 7) is 0.786. The zero-order valence-corrected chi connectivity index (χ0v) is 12.7. The molecule has 2 heterocycles. The van der Waals surface area contributed by atoms with Crippen LogP contribution in [0.5, 0.6) is 0 Å². The van der Waals surface area contributed by atoms with Gasteiger partial charge in [-0.25, -0.2) is 8.78 Å². The summed E-state index contributed by atoms with van der Waals surface area (Å²) in [5.41, 5.74) is -0.247. The van der Waals surface area contributed by atoms with E-state index in [1.807, 2.05) is 0 Å². The maximum atomic E-state index is 14.3. The number of amides is 1. The van der Waals surface area contributed by atoms with Crippen molar-refractivity contribution in [2.75, 3.05) is 13.2 Å². The van der Waals surface area contributed by atoms with Crippen molar-refractivity contribution in [1.82, 2.24) is 15.1 Å². The van der Waals surface area contributed by atoms with Crippen LogP contribution >= 0.6 is 0 Å². The summed E-state index contributed by atoms with van der Waals surface area (Å²) in [6.07, 6.45) is 3.87. The van der Waals surface area contributed by atoms with Crippen LogP contribution in [-0.4, -0.2) is 28.9 Å². The van der Waals surface area contributed by atoms with E-state index in [2.05, 4.69) is 10.4 Å². The van der Waals surface area contributed by atoms with Crippen LogP contribution in [0.4, 0.5) is 8.78 Å². The predicted octanol–water partition coefficient (Wildman–Crippen LogP) is 2.13. The quantitative estimate of drug-likeness (QED) is 0.942. The second kappa shape index (κ2) is 6.08. The van der Waals surface area contributed by atoms with Crippen molar-refractivity contribution in [3.05, 3.63) is 53.4 Å². The summed E-state index contributed by atoms with van der Waals surface area (Å²) >= 11 is 0. The molecular weight excluding hydrogens is 304 g/mol. The minimum Gasteiger partial charge on any atom is -0.381 e. The third-order valence-corrected chi connectivity index (χ3v) is 4.11. The van der Waals surface area contributed by atoms with Gasteiger partial charge in [-0.2, -0.15) is 5.10 Å². The van der Waals surface area contributed by atoms with Crippen molar-refractivity contribution in [3.63, 3.8) is 0 Å². The highest BCUT2D eigenvalue weighted by Crippen LogP contribution is 2.34. The fourth-order valence-corrected chi connectivity index (χ4v) is 2.89. The summed E-state index contributed by atoms with van der Waals surface area (Å²) < 4.78 is 34.3. The largest absolute Gasteiger partial charge is 0.381 e. The Morgan fingerprint density at radius 2 is 2.09 bits per heavy atom. The Hall–Kier alpha value is -2.28. The molecule has 7 heteroatoms. The Morgan fingerprint density at radius 1 is 1.35 bits per heavy atom. The number of benzene rings is 1. The van der Waals surface area contributed by atoms with Crippen LogP contribution in [0.1, 0.15) is 28.8 Å². The summed E-state index contributed by atoms with van der Waals surface area (Å²) in [6, 6.07) is 3.42. The van der Waals surface area contributed by atoms with E-state index in [1.165, 1.54) is 23.0 Å². The van der Waals surface area contributed by atoms with Gasteiger partial charge in [-0.3, -0.25) is 9.48 Å². The van der Waals surface area contributed by atoms with E-state index in [0.29, 0.717) is 31.6 Å². The second-order valence-electron chi connectivity index (χ2n) is 5.68. The molecule has 1 aliphatic rings. The van der Waals surface area contributed by atoms with Gasteiger partial charge in [-0.1, -0.05) is 6.07 Å². The van der Waals surface area contributed by atoms with Gasteiger partial charge in [0, 0.05) is 38.1 Å². The third-order valence-electron chi connectivity index (χ3n) is 4.11. The molecule has 0 spiro atoms. The number of aromatic nitrogens is 2. The van der Waals surface area contributed by atoms with E-state index in [0.717, 1.165) is 6.07 Å². The molecule has 122 valence electrons. The molecule has 0 bridgehead atoms. The molecule has 1 saturated heterocycles. The Labute approximate surface area is 132 Å². The highest BCUT2D eigenvalue weighted by atomic mass is 19.1. The van der Waals surface area contributed by atoms with Gasteiger partial charge in [0.05, 0.1) is 17.3 Å². The molecule has 2 aromatic rings. The van der Waals surface area contributed by atoms with Crippen LogP contribution in [0, 0.1) is 11.6 Å². The van der Waals surface area contributed by atoms with Crippen LogP contribution in [0.15, 0.2) is 30.6 Å². The topological polar surface area (TPSA) is 56.2 Å². The van der Waals surface area contributed by atoms with Gasteiger partial charge in [-0.15, -0.1) is 0 Å². The van der Waals surface area contributed by atoms with E-state index in [4.69, 9.17) is 4.74 Å². The molecule has 0 aliphatic carbocycles. The number of hydrogen-bond donors (Lipinski definition) is 1. The lowest BCUT2D eigenvalue weighted by molar-refractivity contribution is 0.0333. The normalized spacial score (nSPS) is 17.0.